The predicted molar refractivity (Wildman–Crippen MR) is 45.2 cm³/mol. The molecule has 0 saturated heterocycles. The van der Waals surface area contributed by atoms with Gasteiger partial charge in [-0.25, -0.2) is 0 Å². The quantitative estimate of drug-likeness (QED) is 0.551. The summed E-state index contributed by atoms with van der Waals surface area (Å²) in [7, 11) is 6.13. The molecule has 68 valence electrons. The van der Waals surface area contributed by atoms with Gasteiger partial charge in [-0.15, -0.1) is 0 Å². The van der Waals surface area contributed by atoms with E-state index < -0.39 is 0 Å². The van der Waals surface area contributed by atoms with E-state index in [9.17, 15) is 5.11 Å². The Morgan fingerprint density at radius 1 is 1.27 bits per heavy atom. The largest absolute Gasteiger partial charge is 0.396 e. The molecule has 0 spiro atoms. The van der Waals surface area contributed by atoms with Gasteiger partial charge in [-0.3, -0.25) is 0 Å². The molecule has 0 bridgehead atoms. The lowest BCUT2D eigenvalue weighted by molar-refractivity contribution is -0.873. The second kappa shape index (κ2) is 4.70. The lowest BCUT2D eigenvalue weighted by atomic mass is 10.2. The molecule has 0 rings (SSSR count). The van der Waals surface area contributed by atoms with E-state index in [4.69, 9.17) is 5.11 Å². The van der Waals surface area contributed by atoms with Crippen molar-refractivity contribution in [2.45, 2.75) is 18.9 Å². The normalized spacial score (nSPS) is 15.0. The minimum absolute atomic E-state index is 0.175. The zero-order chi connectivity index (χ0) is 8.91. The Balaban J connectivity index is 3.44. The maximum atomic E-state index is 9.39. The number of hydrogen-bond acceptors (Lipinski definition) is 2. The number of nitrogens with zero attached hydrogens (tertiary/aromatic N) is 1. The molecule has 3 heteroatoms. The summed E-state index contributed by atoms with van der Waals surface area (Å²) in [5.41, 5.74) is 0. The minimum atomic E-state index is -0.276. The van der Waals surface area contributed by atoms with Crippen molar-refractivity contribution in [3.05, 3.63) is 0 Å². The van der Waals surface area contributed by atoms with Gasteiger partial charge in [-0.05, 0) is 12.8 Å². The van der Waals surface area contributed by atoms with E-state index in [2.05, 4.69) is 0 Å². The Morgan fingerprint density at radius 3 is 2.18 bits per heavy atom. The van der Waals surface area contributed by atoms with Crippen molar-refractivity contribution in [2.75, 3.05) is 34.3 Å². The number of quaternary nitrogens is 1. The average Bonchev–Trinajstić information content (AvgIpc) is 1.79. The van der Waals surface area contributed by atoms with Gasteiger partial charge in [0.25, 0.3) is 0 Å². The van der Waals surface area contributed by atoms with E-state index in [0.717, 1.165) is 11.0 Å². The van der Waals surface area contributed by atoms with Gasteiger partial charge in [-0.2, -0.15) is 0 Å². The van der Waals surface area contributed by atoms with Crippen LogP contribution in [0.1, 0.15) is 12.8 Å². The standard InChI is InChI=1S/C8H20NO2/c1-9(2,3)7-8(11)5-4-6-10/h8,10-11H,4-7H2,1-3H3/q+1. The molecule has 0 radical (unpaired) electrons. The highest BCUT2D eigenvalue weighted by Crippen LogP contribution is 2.01. The molecule has 3 nitrogen and oxygen atoms in total. The van der Waals surface area contributed by atoms with Crippen LogP contribution in [0.15, 0.2) is 0 Å². The molecule has 1 unspecified atom stereocenters. The topological polar surface area (TPSA) is 40.5 Å². The third-order valence-electron chi connectivity index (χ3n) is 1.45. The molecule has 0 aromatic heterocycles. The molecule has 0 aliphatic heterocycles. The number of aliphatic hydroxyl groups is 2. The van der Waals surface area contributed by atoms with Gasteiger partial charge in [0, 0.05) is 6.61 Å². The van der Waals surface area contributed by atoms with Gasteiger partial charge in [0.1, 0.15) is 12.6 Å². The summed E-state index contributed by atoms with van der Waals surface area (Å²) in [5, 5.41) is 17.9. The molecule has 0 saturated carbocycles. The van der Waals surface area contributed by atoms with Crippen LogP contribution in [0.25, 0.3) is 0 Å². The van der Waals surface area contributed by atoms with Gasteiger partial charge in [0.15, 0.2) is 0 Å². The van der Waals surface area contributed by atoms with Crippen LogP contribution in [0.3, 0.4) is 0 Å². The van der Waals surface area contributed by atoms with Crippen LogP contribution in [0.2, 0.25) is 0 Å². The fourth-order valence-corrected chi connectivity index (χ4v) is 1.05. The molecule has 0 aromatic carbocycles. The van der Waals surface area contributed by atoms with Crippen molar-refractivity contribution in [1.29, 1.82) is 0 Å². The summed E-state index contributed by atoms with van der Waals surface area (Å²) in [6, 6.07) is 0. The van der Waals surface area contributed by atoms with E-state index in [0.29, 0.717) is 12.8 Å². The minimum Gasteiger partial charge on any atom is -0.396 e. The summed E-state index contributed by atoms with van der Waals surface area (Å²) < 4.78 is 0.770. The summed E-state index contributed by atoms with van der Waals surface area (Å²) in [6.45, 7) is 0.925. The number of likely N-dealkylation sites (N-methyl/N-ethyl adjacent to an activating group) is 1. The second-order valence-electron chi connectivity index (χ2n) is 3.99. The highest BCUT2D eigenvalue weighted by Gasteiger charge is 2.14. The number of aliphatic hydroxyl groups excluding tert-OH is 2. The van der Waals surface area contributed by atoms with E-state index in [1.54, 1.807) is 0 Å². The third kappa shape index (κ3) is 7.78. The summed E-state index contributed by atoms with van der Waals surface area (Å²) in [4.78, 5) is 0. The van der Waals surface area contributed by atoms with Crippen LogP contribution in [-0.2, 0) is 0 Å². The number of hydrogen-bond donors (Lipinski definition) is 2. The maximum absolute atomic E-state index is 9.39. The molecular formula is C8H20NO2+. The van der Waals surface area contributed by atoms with Gasteiger partial charge >= 0.3 is 0 Å². The predicted octanol–water partition coefficient (Wildman–Crippen LogP) is -0.174. The first-order chi connectivity index (χ1) is 4.95. The van der Waals surface area contributed by atoms with E-state index in [-0.39, 0.29) is 12.7 Å². The van der Waals surface area contributed by atoms with Crippen LogP contribution in [-0.4, -0.2) is 55.1 Å². The third-order valence-corrected chi connectivity index (χ3v) is 1.45. The van der Waals surface area contributed by atoms with Crippen molar-refractivity contribution >= 4 is 0 Å². The molecule has 0 aliphatic rings. The van der Waals surface area contributed by atoms with Crippen LogP contribution < -0.4 is 0 Å². The average molecular weight is 162 g/mol. The lowest BCUT2D eigenvalue weighted by Crippen LogP contribution is -2.41. The SMILES string of the molecule is C[N+](C)(C)CC(O)CCCO. The molecule has 0 heterocycles. The number of rotatable bonds is 5. The van der Waals surface area contributed by atoms with Gasteiger partial charge in [0.05, 0.1) is 21.1 Å². The first-order valence-electron chi connectivity index (χ1n) is 4.05. The van der Waals surface area contributed by atoms with Crippen LogP contribution >= 0.6 is 0 Å². The molecule has 0 aliphatic carbocycles. The van der Waals surface area contributed by atoms with Crippen molar-refractivity contribution in [1.82, 2.24) is 0 Å². The van der Waals surface area contributed by atoms with Crippen LogP contribution in [0.5, 0.6) is 0 Å². The molecule has 0 fully saturated rings. The van der Waals surface area contributed by atoms with Gasteiger partial charge in [-0.1, -0.05) is 0 Å². The molecule has 0 aromatic rings. The van der Waals surface area contributed by atoms with Crippen molar-refractivity contribution in [3.8, 4) is 0 Å². The molecule has 0 amide bonds. The van der Waals surface area contributed by atoms with E-state index >= 15 is 0 Å². The first-order valence-corrected chi connectivity index (χ1v) is 4.05. The Hall–Kier alpha value is -0.120. The summed E-state index contributed by atoms with van der Waals surface area (Å²) >= 11 is 0. The van der Waals surface area contributed by atoms with E-state index in [1.807, 2.05) is 21.1 Å². The van der Waals surface area contributed by atoms with Gasteiger partial charge in [0.2, 0.25) is 0 Å². The van der Waals surface area contributed by atoms with Crippen molar-refractivity contribution in [3.63, 3.8) is 0 Å². The first kappa shape index (κ1) is 10.9. The Kier molecular flexibility index (Phi) is 4.65. The summed E-state index contributed by atoms with van der Waals surface area (Å²) in [5.74, 6) is 0. The molecule has 2 N–H and O–H groups in total. The molecule has 1 atom stereocenters. The van der Waals surface area contributed by atoms with Gasteiger partial charge < -0.3 is 14.7 Å². The Bertz CT molecular complexity index is 98.8. The zero-order valence-corrected chi connectivity index (χ0v) is 7.75. The highest BCUT2D eigenvalue weighted by molar-refractivity contribution is 4.52. The Labute approximate surface area is 68.9 Å². The van der Waals surface area contributed by atoms with Crippen LogP contribution in [0, 0.1) is 0 Å². The van der Waals surface area contributed by atoms with Crippen molar-refractivity contribution < 1.29 is 14.7 Å². The molecule has 11 heavy (non-hydrogen) atoms. The smallest absolute Gasteiger partial charge is 0.104 e. The fourth-order valence-electron chi connectivity index (χ4n) is 1.05. The Morgan fingerprint density at radius 2 is 1.82 bits per heavy atom. The molecular weight excluding hydrogens is 142 g/mol. The second-order valence-corrected chi connectivity index (χ2v) is 3.99. The van der Waals surface area contributed by atoms with E-state index in [1.165, 1.54) is 0 Å². The van der Waals surface area contributed by atoms with Crippen molar-refractivity contribution in [2.24, 2.45) is 0 Å². The van der Waals surface area contributed by atoms with Crippen LogP contribution in [0.4, 0.5) is 0 Å². The highest BCUT2D eigenvalue weighted by atomic mass is 16.3. The lowest BCUT2D eigenvalue weighted by Gasteiger charge is -2.26. The monoisotopic (exact) mass is 162 g/mol. The summed E-state index contributed by atoms with van der Waals surface area (Å²) in [6.07, 6.45) is 1.12. The zero-order valence-electron chi connectivity index (χ0n) is 7.75. The fraction of sp³-hybridized carbons (Fsp3) is 1.00. The maximum Gasteiger partial charge on any atom is 0.104 e.